The van der Waals surface area contributed by atoms with Crippen LogP contribution in [0.2, 0.25) is 0 Å². The minimum absolute atomic E-state index is 0.00762. The molecule has 0 bridgehead atoms. The van der Waals surface area contributed by atoms with E-state index in [0.717, 1.165) is 23.8 Å². The summed E-state index contributed by atoms with van der Waals surface area (Å²) in [6.07, 6.45) is 1.33. The zero-order valence-electron chi connectivity index (χ0n) is 20.1. The normalized spacial score (nSPS) is 20.2. The molecule has 0 spiro atoms. The lowest BCUT2D eigenvalue weighted by atomic mass is 9.82. The van der Waals surface area contributed by atoms with Gasteiger partial charge in [0, 0.05) is 22.9 Å². The highest BCUT2D eigenvalue weighted by atomic mass is 16.6. The molecule has 2 aliphatic heterocycles. The number of cyclic esters (lactones) is 1. The van der Waals surface area contributed by atoms with Crippen molar-refractivity contribution in [3.05, 3.63) is 57.4 Å². The lowest BCUT2D eigenvalue weighted by molar-refractivity contribution is -0.180. The van der Waals surface area contributed by atoms with Gasteiger partial charge in [-0.15, -0.1) is 0 Å². The van der Waals surface area contributed by atoms with Gasteiger partial charge in [0.1, 0.15) is 5.75 Å². The van der Waals surface area contributed by atoms with Gasteiger partial charge in [-0.1, -0.05) is 32.8 Å². The number of aromatic nitrogens is 2. The molecule has 0 radical (unpaired) electrons. The number of unbranched alkanes of at least 4 members (excludes halogenated alkanes) is 2. The van der Waals surface area contributed by atoms with Crippen LogP contribution in [0.1, 0.15) is 68.7 Å². The van der Waals surface area contributed by atoms with Gasteiger partial charge >= 0.3 is 5.97 Å². The first kappa shape index (κ1) is 23.2. The van der Waals surface area contributed by atoms with Crippen LogP contribution in [0.15, 0.2) is 35.1 Å². The maximum atomic E-state index is 13.8. The number of aliphatic hydroxyl groups is 1. The molecule has 0 saturated heterocycles. The van der Waals surface area contributed by atoms with Gasteiger partial charge in [-0.05, 0) is 37.1 Å². The number of pyridine rings is 2. The number of nitrogens with zero attached hydrogens (tertiary/aromatic N) is 2. The van der Waals surface area contributed by atoms with Gasteiger partial charge in [0.25, 0.3) is 5.56 Å². The number of benzene rings is 1. The maximum Gasteiger partial charge on any atom is 0.343 e. The van der Waals surface area contributed by atoms with Crippen molar-refractivity contribution in [3.63, 3.8) is 0 Å². The molecule has 0 fully saturated rings. The van der Waals surface area contributed by atoms with Crippen molar-refractivity contribution in [3.8, 4) is 17.1 Å². The quantitative estimate of drug-likeness (QED) is 0.319. The zero-order chi connectivity index (χ0) is 24.9. The van der Waals surface area contributed by atoms with Crippen LogP contribution >= 0.6 is 0 Å². The van der Waals surface area contributed by atoms with Gasteiger partial charge in [-0.25, -0.2) is 9.78 Å². The second-order valence-electron chi connectivity index (χ2n) is 9.19. The fraction of sp³-hybridized carbons (Fsp3) is 0.407. The van der Waals surface area contributed by atoms with Crippen LogP contribution in [0.3, 0.4) is 0 Å². The molecular weight excluding hydrogens is 448 g/mol. The van der Waals surface area contributed by atoms with Crippen LogP contribution in [-0.4, -0.2) is 33.5 Å². The highest BCUT2D eigenvalue weighted by Crippen LogP contribution is 2.43. The highest BCUT2D eigenvalue weighted by Gasteiger charge is 2.50. The molecule has 182 valence electrons. The van der Waals surface area contributed by atoms with Crippen molar-refractivity contribution < 1.29 is 24.2 Å². The monoisotopic (exact) mass is 476 g/mol. The van der Waals surface area contributed by atoms with E-state index in [1.54, 1.807) is 24.7 Å². The third-order valence-electron chi connectivity index (χ3n) is 7.13. The summed E-state index contributed by atoms with van der Waals surface area (Å²) in [7, 11) is 1.59. The van der Waals surface area contributed by atoms with Crippen molar-refractivity contribution in [2.75, 3.05) is 7.11 Å². The van der Waals surface area contributed by atoms with Crippen LogP contribution in [0.5, 0.6) is 5.75 Å². The largest absolute Gasteiger partial charge is 0.496 e. The van der Waals surface area contributed by atoms with E-state index in [1.165, 1.54) is 0 Å². The standard InChI is InChI=1S/C27H28N2O6/c1-4-6-7-10-20(30)24-22-17(27(33,5-2)26(32)35-24)13-19-23-15(14-29(19)25(22)31)12-16-18(28-23)9-8-11-21(16)34-3/h8-9,11-13,24,33H,4-7,10,14H2,1-3H3/t24?,27-/m0/s1. The number of hydrogen-bond donors (Lipinski definition) is 1. The third-order valence-corrected chi connectivity index (χ3v) is 7.13. The molecule has 3 aromatic rings. The SMILES string of the molecule is CCCCCC(=O)C1OC(=O)[C@](O)(CC)c2cc3n(c(=O)c21)Cc1cc2c(OC)cccc2nc1-3. The zero-order valence-corrected chi connectivity index (χ0v) is 20.1. The molecule has 0 amide bonds. The smallest absolute Gasteiger partial charge is 0.343 e. The van der Waals surface area contributed by atoms with Gasteiger partial charge in [-0.2, -0.15) is 0 Å². The Morgan fingerprint density at radius 1 is 1.26 bits per heavy atom. The molecule has 1 N–H and O–H groups in total. The molecule has 0 saturated carbocycles. The average Bonchev–Trinajstić information content (AvgIpc) is 3.22. The lowest BCUT2D eigenvalue weighted by Crippen LogP contribution is -2.47. The van der Waals surface area contributed by atoms with Gasteiger partial charge in [0.15, 0.2) is 17.5 Å². The van der Waals surface area contributed by atoms with Crippen molar-refractivity contribution in [2.24, 2.45) is 0 Å². The lowest BCUT2D eigenvalue weighted by Gasteiger charge is -2.35. The second-order valence-corrected chi connectivity index (χ2v) is 9.19. The summed E-state index contributed by atoms with van der Waals surface area (Å²) in [5.41, 5.74) is 0.375. The first-order valence-electron chi connectivity index (χ1n) is 12.0. The van der Waals surface area contributed by atoms with Gasteiger partial charge < -0.3 is 19.1 Å². The van der Waals surface area contributed by atoms with Gasteiger partial charge in [0.2, 0.25) is 0 Å². The molecule has 2 aliphatic rings. The number of hydrogen-bond acceptors (Lipinski definition) is 7. The minimum Gasteiger partial charge on any atom is -0.496 e. The van der Waals surface area contributed by atoms with Crippen LogP contribution in [0.4, 0.5) is 0 Å². The Bertz CT molecular complexity index is 1430. The maximum absolute atomic E-state index is 13.8. The number of ether oxygens (including phenoxy) is 2. The molecule has 35 heavy (non-hydrogen) atoms. The Balaban J connectivity index is 1.70. The van der Waals surface area contributed by atoms with Gasteiger partial charge in [-0.3, -0.25) is 9.59 Å². The summed E-state index contributed by atoms with van der Waals surface area (Å²) >= 11 is 0. The first-order chi connectivity index (χ1) is 16.8. The Labute approximate surface area is 202 Å². The molecule has 8 nitrogen and oxygen atoms in total. The Morgan fingerprint density at radius 3 is 2.77 bits per heavy atom. The van der Waals surface area contributed by atoms with E-state index in [4.69, 9.17) is 14.5 Å². The summed E-state index contributed by atoms with van der Waals surface area (Å²) in [6.45, 7) is 3.93. The predicted molar refractivity (Wildman–Crippen MR) is 129 cm³/mol. The summed E-state index contributed by atoms with van der Waals surface area (Å²) in [6, 6.07) is 9.14. The number of carbonyl (C=O) groups is 2. The molecule has 1 unspecified atom stereocenters. The number of carbonyl (C=O) groups excluding carboxylic acids is 2. The molecule has 2 atom stereocenters. The number of ketones is 1. The van der Waals surface area contributed by atoms with Crippen LogP contribution in [0.25, 0.3) is 22.3 Å². The first-order valence-corrected chi connectivity index (χ1v) is 12.0. The summed E-state index contributed by atoms with van der Waals surface area (Å²) in [5.74, 6) is -0.550. The fourth-order valence-corrected chi connectivity index (χ4v) is 5.13. The van der Waals surface area contributed by atoms with Crippen molar-refractivity contribution >= 4 is 22.7 Å². The van der Waals surface area contributed by atoms with Gasteiger partial charge in [0.05, 0.1) is 36.1 Å². The van der Waals surface area contributed by atoms with Crippen molar-refractivity contribution in [2.45, 2.75) is 64.2 Å². The van der Waals surface area contributed by atoms with E-state index in [0.29, 0.717) is 29.1 Å². The average molecular weight is 477 g/mol. The van der Waals surface area contributed by atoms with Crippen molar-refractivity contribution in [1.29, 1.82) is 0 Å². The fourth-order valence-electron chi connectivity index (χ4n) is 5.13. The Hall–Kier alpha value is -3.52. The number of fused-ring (bicyclic) bond motifs is 5. The third kappa shape index (κ3) is 3.46. The summed E-state index contributed by atoms with van der Waals surface area (Å²) < 4.78 is 12.5. The Kier molecular flexibility index (Phi) is 5.71. The summed E-state index contributed by atoms with van der Waals surface area (Å²) in [4.78, 5) is 44.5. The van der Waals surface area contributed by atoms with E-state index in [-0.39, 0.29) is 36.3 Å². The molecule has 4 heterocycles. The van der Waals surface area contributed by atoms with Crippen LogP contribution in [0, 0.1) is 0 Å². The molecule has 8 heteroatoms. The minimum atomic E-state index is -2.01. The van der Waals surface area contributed by atoms with Crippen molar-refractivity contribution in [1.82, 2.24) is 9.55 Å². The van der Waals surface area contributed by atoms with E-state index in [2.05, 4.69) is 0 Å². The molecule has 2 aromatic heterocycles. The number of esters is 1. The van der Waals surface area contributed by atoms with Crippen LogP contribution < -0.4 is 10.3 Å². The van der Waals surface area contributed by atoms with E-state index < -0.39 is 23.2 Å². The number of methoxy groups -OCH3 is 1. The Morgan fingerprint density at radius 2 is 2.06 bits per heavy atom. The topological polar surface area (TPSA) is 108 Å². The number of rotatable bonds is 7. The molecule has 1 aromatic carbocycles. The van der Waals surface area contributed by atoms with E-state index in [9.17, 15) is 19.5 Å². The predicted octanol–water partition coefficient (Wildman–Crippen LogP) is 3.78. The van der Waals surface area contributed by atoms with Crippen LogP contribution in [-0.2, 0) is 26.5 Å². The molecule has 5 rings (SSSR count). The van der Waals surface area contributed by atoms with E-state index >= 15 is 0 Å². The summed E-state index contributed by atoms with van der Waals surface area (Å²) in [5, 5.41) is 12.1. The number of Topliss-reactive ketones (excluding diaryl/α,β-unsaturated/α-hetero) is 1. The highest BCUT2D eigenvalue weighted by molar-refractivity contribution is 5.93. The molecule has 0 aliphatic carbocycles. The molecular formula is C27H28N2O6. The van der Waals surface area contributed by atoms with E-state index in [1.807, 2.05) is 31.2 Å². The second kappa shape index (κ2) is 8.61.